The molecule has 41 heavy (non-hydrogen) atoms. The first-order chi connectivity index (χ1) is 19.8. The molecular formula is C35H37BrFNO3. The largest absolute Gasteiger partial charge is 0.489 e. The van der Waals surface area contributed by atoms with E-state index < -0.39 is 0 Å². The average molecular weight is 619 g/mol. The van der Waals surface area contributed by atoms with Gasteiger partial charge in [0.1, 0.15) is 18.2 Å². The molecule has 5 rings (SSSR count). The summed E-state index contributed by atoms with van der Waals surface area (Å²) < 4.78 is 19.7. The van der Waals surface area contributed by atoms with Crippen molar-refractivity contribution in [2.24, 2.45) is 5.92 Å². The van der Waals surface area contributed by atoms with Crippen molar-refractivity contribution in [2.75, 3.05) is 11.4 Å². The number of halogens is 2. The van der Waals surface area contributed by atoms with Crippen LogP contribution in [0, 0.1) is 25.6 Å². The fourth-order valence-corrected chi connectivity index (χ4v) is 4.56. The Balaban J connectivity index is 0.000000225. The second-order valence-electron chi connectivity index (χ2n) is 9.63. The molecule has 0 saturated carbocycles. The van der Waals surface area contributed by atoms with Crippen LogP contribution in [0.2, 0.25) is 0 Å². The lowest BCUT2D eigenvalue weighted by molar-refractivity contribution is -0.127. The molecule has 0 aliphatic carbocycles. The van der Waals surface area contributed by atoms with Crippen LogP contribution in [-0.2, 0) is 11.4 Å². The Morgan fingerprint density at radius 2 is 1.59 bits per heavy atom. The highest BCUT2D eigenvalue weighted by Gasteiger charge is 2.37. The third-order valence-electron chi connectivity index (χ3n) is 6.64. The first kappa shape index (κ1) is 31.8. The molecule has 1 aliphatic rings. The molecule has 0 spiro atoms. The molecule has 1 unspecified atom stereocenters. The van der Waals surface area contributed by atoms with Crippen molar-refractivity contribution >= 4 is 33.3 Å². The molecule has 6 heteroatoms. The van der Waals surface area contributed by atoms with Crippen molar-refractivity contribution in [3.05, 3.63) is 130 Å². The number of ether oxygens (including phenoxy) is 1. The van der Waals surface area contributed by atoms with Crippen molar-refractivity contribution in [3.63, 3.8) is 0 Å². The quantitative estimate of drug-likeness (QED) is 0.146. The average Bonchev–Trinajstić information content (AvgIpc) is 3.00. The third-order valence-corrected chi connectivity index (χ3v) is 7.13. The van der Waals surface area contributed by atoms with Crippen LogP contribution in [0.4, 0.5) is 10.1 Å². The number of ketones is 1. The summed E-state index contributed by atoms with van der Waals surface area (Å²) in [5.74, 6) is 0.496. The van der Waals surface area contributed by atoms with Crippen LogP contribution < -0.4 is 9.64 Å². The molecule has 1 fully saturated rings. The van der Waals surface area contributed by atoms with Gasteiger partial charge in [-0.2, -0.15) is 0 Å². The highest BCUT2D eigenvalue weighted by Crippen LogP contribution is 2.29. The topological polar surface area (TPSA) is 46.6 Å². The smallest absolute Gasteiger partial charge is 0.231 e. The zero-order chi connectivity index (χ0) is 29.8. The van der Waals surface area contributed by atoms with Crippen LogP contribution in [0.15, 0.2) is 102 Å². The standard InChI is InChI=1S/C19H18FNO2.C14H13BrO.C2H6/c1-13-2-9-17(10-3-13)21-12-15(19(21)23)6-11-18(22)14-4-7-16(20)8-5-14;1-11-7-8-13(15)9-14(11)16-10-12-5-3-2-4-6-12;1-2/h2-5,7-10,15H,6,11-12H2,1H3;2-9H,10H2,1H3;1-2H3. The normalized spacial score (nSPS) is 13.7. The second kappa shape index (κ2) is 15.9. The molecule has 4 aromatic carbocycles. The maximum absolute atomic E-state index is 12.8. The Bertz CT molecular complexity index is 1410. The van der Waals surface area contributed by atoms with E-state index in [1.54, 1.807) is 4.90 Å². The van der Waals surface area contributed by atoms with Gasteiger partial charge in [-0.25, -0.2) is 4.39 Å². The highest BCUT2D eigenvalue weighted by molar-refractivity contribution is 9.10. The van der Waals surface area contributed by atoms with Crippen molar-refractivity contribution in [2.45, 2.75) is 47.1 Å². The van der Waals surface area contributed by atoms with Gasteiger partial charge in [-0.1, -0.05) is 83.9 Å². The molecule has 1 heterocycles. The van der Waals surface area contributed by atoms with Gasteiger partial charge < -0.3 is 9.64 Å². The van der Waals surface area contributed by atoms with Crippen LogP contribution in [0.3, 0.4) is 0 Å². The number of Topliss-reactive ketones (excluding diaryl/α,β-unsaturated/α-hetero) is 1. The summed E-state index contributed by atoms with van der Waals surface area (Å²) in [7, 11) is 0. The molecular weight excluding hydrogens is 581 g/mol. The van der Waals surface area contributed by atoms with Crippen molar-refractivity contribution in [1.82, 2.24) is 0 Å². The first-order valence-electron chi connectivity index (χ1n) is 13.9. The lowest BCUT2D eigenvalue weighted by atomic mass is 9.90. The Hall–Kier alpha value is -3.77. The van der Waals surface area contributed by atoms with Gasteiger partial charge in [-0.15, -0.1) is 0 Å². The van der Waals surface area contributed by atoms with Crippen LogP contribution in [0.1, 0.15) is 53.7 Å². The predicted molar refractivity (Wildman–Crippen MR) is 168 cm³/mol. The van der Waals surface area contributed by atoms with E-state index in [9.17, 15) is 14.0 Å². The minimum atomic E-state index is -0.357. The lowest BCUT2D eigenvalue weighted by Crippen LogP contribution is -2.52. The molecule has 4 aromatic rings. The lowest BCUT2D eigenvalue weighted by Gasteiger charge is -2.38. The summed E-state index contributed by atoms with van der Waals surface area (Å²) in [5, 5.41) is 0. The van der Waals surface area contributed by atoms with Gasteiger partial charge in [0.25, 0.3) is 0 Å². The summed E-state index contributed by atoms with van der Waals surface area (Å²) in [5.41, 5.74) is 4.89. The van der Waals surface area contributed by atoms with Gasteiger partial charge in [-0.3, -0.25) is 9.59 Å². The molecule has 1 amide bonds. The van der Waals surface area contributed by atoms with E-state index in [1.165, 1.54) is 29.8 Å². The second-order valence-corrected chi connectivity index (χ2v) is 10.5. The summed E-state index contributed by atoms with van der Waals surface area (Å²) >= 11 is 3.44. The third kappa shape index (κ3) is 9.39. The maximum Gasteiger partial charge on any atom is 0.231 e. The van der Waals surface area contributed by atoms with Gasteiger partial charge in [0.15, 0.2) is 5.78 Å². The van der Waals surface area contributed by atoms with Crippen LogP contribution in [-0.4, -0.2) is 18.2 Å². The van der Waals surface area contributed by atoms with E-state index in [0.717, 1.165) is 27.0 Å². The number of hydrogen-bond acceptors (Lipinski definition) is 3. The fraction of sp³-hybridized carbons (Fsp3) is 0.257. The number of hydrogen-bond donors (Lipinski definition) is 0. The molecule has 0 bridgehead atoms. The van der Waals surface area contributed by atoms with Gasteiger partial charge in [0.2, 0.25) is 5.91 Å². The van der Waals surface area contributed by atoms with Crippen LogP contribution >= 0.6 is 15.9 Å². The summed E-state index contributed by atoms with van der Waals surface area (Å²) in [6.45, 7) is 9.31. The number of aryl methyl sites for hydroxylation is 2. The maximum atomic E-state index is 12.8. The number of carbonyl (C=O) groups is 2. The fourth-order valence-electron chi connectivity index (χ4n) is 4.22. The molecule has 0 radical (unpaired) electrons. The summed E-state index contributed by atoms with van der Waals surface area (Å²) in [4.78, 5) is 26.0. The Labute approximate surface area is 251 Å². The number of amides is 1. The monoisotopic (exact) mass is 617 g/mol. The first-order valence-corrected chi connectivity index (χ1v) is 14.7. The number of anilines is 1. The van der Waals surface area contributed by atoms with Crippen LogP contribution in [0.5, 0.6) is 5.75 Å². The van der Waals surface area contributed by atoms with Gasteiger partial charge in [0.05, 0.1) is 5.92 Å². The Kier molecular flexibility index (Phi) is 12.3. The molecule has 1 atom stereocenters. The van der Waals surface area contributed by atoms with Crippen molar-refractivity contribution in [3.8, 4) is 5.75 Å². The van der Waals surface area contributed by atoms with E-state index in [0.29, 0.717) is 31.6 Å². The zero-order valence-electron chi connectivity index (χ0n) is 24.1. The number of rotatable bonds is 8. The molecule has 214 valence electrons. The molecule has 1 aliphatic heterocycles. The molecule has 4 nitrogen and oxygen atoms in total. The van der Waals surface area contributed by atoms with E-state index in [4.69, 9.17) is 4.74 Å². The summed E-state index contributed by atoms with van der Waals surface area (Å²) in [6.07, 6.45) is 0.848. The minimum Gasteiger partial charge on any atom is -0.489 e. The molecule has 0 N–H and O–H groups in total. The van der Waals surface area contributed by atoms with E-state index in [-0.39, 0.29) is 23.4 Å². The predicted octanol–water partition coefficient (Wildman–Crippen LogP) is 9.12. The SMILES string of the molecule is CC.Cc1ccc(Br)cc1OCc1ccccc1.Cc1ccc(N2CC(CCC(=O)c3ccc(F)cc3)C2=O)cc1. The van der Waals surface area contributed by atoms with Crippen LogP contribution in [0.25, 0.3) is 0 Å². The Morgan fingerprint density at radius 3 is 2.22 bits per heavy atom. The van der Waals surface area contributed by atoms with Gasteiger partial charge in [0, 0.05) is 28.7 Å². The van der Waals surface area contributed by atoms with E-state index >= 15 is 0 Å². The van der Waals surface area contributed by atoms with E-state index in [2.05, 4.69) is 28.1 Å². The number of β-lactam (4-membered cyclic amide) rings is 1. The number of benzene rings is 4. The summed E-state index contributed by atoms with van der Waals surface area (Å²) in [6, 6.07) is 29.6. The number of nitrogens with zero attached hydrogens (tertiary/aromatic N) is 1. The van der Waals surface area contributed by atoms with E-state index in [1.807, 2.05) is 88.4 Å². The highest BCUT2D eigenvalue weighted by atomic mass is 79.9. The van der Waals surface area contributed by atoms with Crippen molar-refractivity contribution in [1.29, 1.82) is 0 Å². The van der Waals surface area contributed by atoms with Crippen molar-refractivity contribution < 1.29 is 18.7 Å². The Morgan fingerprint density at radius 1 is 0.927 bits per heavy atom. The molecule has 1 saturated heterocycles. The minimum absolute atomic E-state index is 0.0495. The van der Waals surface area contributed by atoms with Gasteiger partial charge >= 0.3 is 0 Å². The zero-order valence-corrected chi connectivity index (χ0v) is 25.7. The van der Waals surface area contributed by atoms with Gasteiger partial charge in [-0.05, 0) is 79.9 Å². The number of carbonyl (C=O) groups excluding carboxylic acids is 2. The molecule has 0 aromatic heterocycles.